The molecular weight excluding hydrogens is 332 g/mol. The van der Waals surface area contributed by atoms with Crippen molar-refractivity contribution in [1.29, 1.82) is 5.41 Å². The first-order valence-corrected chi connectivity index (χ1v) is 8.55. The van der Waals surface area contributed by atoms with E-state index >= 15 is 0 Å². The zero-order chi connectivity index (χ0) is 18.5. The van der Waals surface area contributed by atoms with Crippen molar-refractivity contribution in [3.8, 4) is 0 Å². The number of aliphatic hydroxyl groups is 1. The summed E-state index contributed by atoms with van der Waals surface area (Å²) in [7, 11) is 1.76. The monoisotopic (exact) mass is 355 g/mol. The van der Waals surface area contributed by atoms with E-state index in [1.165, 1.54) is 0 Å². The van der Waals surface area contributed by atoms with E-state index in [-0.39, 0.29) is 24.8 Å². The van der Waals surface area contributed by atoms with E-state index in [0.29, 0.717) is 22.5 Å². The van der Waals surface area contributed by atoms with E-state index < -0.39 is 0 Å². The van der Waals surface area contributed by atoms with Crippen LogP contribution < -0.4 is 15.2 Å². The van der Waals surface area contributed by atoms with Crippen molar-refractivity contribution in [3.63, 3.8) is 0 Å². The molecule has 0 unspecified atom stereocenters. The fraction of sp³-hybridized carbons (Fsp3) is 0.316. The van der Waals surface area contributed by atoms with E-state index in [9.17, 15) is 9.90 Å². The minimum atomic E-state index is -0.232. The number of ether oxygens (including phenoxy) is 1. The predicted molar refractivity (Wildman–Crippen MR) is 96.4 cm³/mol. The Morgan fingerprint density at radius 3 is 3.04 bits per heavy atom. The topological polar surface area (TPSA) is 98.3 Å². The average molecular weight is 355 g/mol. The maximum atomic E-state index is 12.6. The van der Waals surface area contributed by atoms with Crippen molar-refractivity contribution in [2.45, 2.75) is 25.2 Å². The quantitative estimate of drug-likeness (QED) is 0.591. The molecule has 2 atom stereocenters. The summed E-state index contributed by atoms with van der Waals surface area (Å²) in [6.07, 6.45) is 11.7. The van der Waals surface area contributed by atoms with Gasteiger partial charge in [-0.1, -0.05) is 0 Å². The van der Waals surface area contributed by atoms with Crippen LogP contribution in [0.25, 0.3) is 0 Å². The molecule has 7 heteroatoms. The highest BCUT2D eigenvalue weighted by Gasteiger charge is 2.31. The third-order valence-corrected chi connectivity index (χ3v) is 4.31. The summed E-state index contributed by atoms with van der Waals surface area (Å²) in [5, 5.41) is 22.8. The Balaban J connectivity index is 1.72. The highest BCUT2D eigenvalue weighted by Crippen LogP contribution is 2.23. The molecule has 1 aliphatic carbocycles. The number of aliphatic hydroxyl groups excluding tert-OH is 1. The van der Waals surface area contributed by atoms with E-state index in [2.05, 4.69) is 10.6 Å². The van der Waals surface area contributed by atoms with Crippen LogP contribution >= 0.6 is 0 Å². The van der Waals surface area contributed by atoms with Gasteiger partial charge >= 0.3 is 0 Å². The summed E-state index contributed by atoms with van der Waals surface area (Å²) in [6.45, 7) is 0.00913. The fourth-order valence-electron chi connectivity index (χ4n) is 2.97. The second-order valence-electron chi connectivity index (χ2n) is 6.20. The summed E-state index contributed by atoms with van der Waals surface area (Å²) < 4.78 is 7.61. The summed E-state index contributed by atoms with van der Waals surface area (Å²) >= 11 is 0. The summed E-state index contributed by atoms with van der Waals surface area (Å²) in [5.41, 5.74) is 2.22. The average Bonchev–Trinajstić information content (AvgIpc) is 3.14. The lowest BCUT2D eigenvalue weighted by molar-refractivity contribution is -0.759. The molecule has 0 spiro atoms. The van der Waals surface area contributed by atoms with Crippen molar-refractivity contribution in [2.24, 2.45) is 0 Å². The summed E-state index contributed by atoms with van der Waals surface area (Å²) in [6, 6.07) is 3.54. The number of rotatable bonds is 5. The second kappa shape index (κ2) is 8.07. The number of nitrogens with one attached hydrogen (secondary N) is 3. The molecule has 7 nitrogen and oxygen atoms in total. The van der Waals surface area contributed by atoms with Gasteiger partial charge in [-0.15, -0.1) is 0 Å². The first-order valence-electron chi connectivity index (χ1n) is 8.55. The van der Waals surface area contributed by atoms with E-state index in [4.69, 9.17) is 10.1 Å². The first kappa shape index (κ1) is 18.0. The molecule has 26 heavy (non-hydrogen) atoms. The van der Waals surface area contributed by atoms with Crippen LogP contribution in [-0.2, 0) is 4.74 Å². The van der Waals surface area contributed by atoms with Gasteiger partial charge in [-0.05, 0) is 30.7 Å². The van der Waals surface area contributed by atoms with Gasteiger partial charge in [0.25, 0.3) is 12.1 Å². The number of allylic oxidation sites excluding steroid dienone is 4. The van der Waals surface area contributed by atoms with E-state index in [0.717, 1.165) is 12.8 Å². The van der Waals surface area contributed by atoms with Crippen molar-refractivity contribution in [2.75, 3.05) is 13.7 Å². The lowest BCUT2D eigenvalue weighted by atomic mass is 10.0. The van der Waals surface area contributed by atoms with Crippen LogP contribution in [0, 0.1) is 5.41 Å². The summed E-state index contributed by atoms with van der Waals surface area (Å²) in [4.78, 5) is 12.6. The standard InChI is InChI=1S/C19H22N4O3/c1-21-10-14-9-15(4-6-17(14)20)22-19(25)13-3-2-8-23(11-13)18-7-5-16(12-24)26-18/h2-4,6,8-11,16,18,24H,5,7,12H2,1H3,(H2-,20,21,22,25)/p+1/t16-,18+/m0/s1. The van der Waals surface area contributed by atoms with Crippen LogP contribution in [0.1, 0.15) is 29.4 Å². The highest BCUT2D eigenvalue weighted by atomic mass is 16.5. The van der Waals surface area contributed by atoms with Gasteiger partial charge in [0.2, 0.25) is 0 Å². The van der Waals surface area contributed by atoms with Gasteiger partial charge < -0.3 is 25.9 Å². The maximum absolute atomic E-state index is 12.6. The Bertz CT molecular complexity index is 798. The van der Waals surface area contributed by atoms with Gasteiger partial charge in [-0.25, -0.2) is 0 Å². The lowest BCUT2D eigenvalue weighted by Gasteiger charge is -2.12. The molecule has 136 valence electrons. The molecule has 1 aliphatic heterocycles. The minimum Gasteiger partial charge on any atom is -0.394 e. The van der Waals surface area contributed by atoms with Crippen molar-refractivity contribution < 1.29 is 19.2 Å². The number of hydrogen-bond donors (Lipinski definition) is 4. The van der Waals surface area contributed by atoms with Crippen molar-refractivity contribution >= 4 is 11.6 Å². The molecule has 0 radical (unpaired) electrons. The number of pyridine rings is 1. The van der Waals surface area contributed by atoms with Crippen LogP contribution in [0.2, 0.25) is 0 Å². The Kier molecular flexibility index (Phi) is 5.60. The number of carbonyl (C=O) groups excluding carboxylic acids is 1. The first-order chi connectivity index (χ1) is 12.6. The molecule has 1 aromatic heterocycles. The molecule has 3 rings (SSSR count). The highest BCUT2D eigenvalue weighted by molar-refractivity contribution is 6.10. The number of aromatic nitrogens is 1. The van der Waals surface area contributed by atoms with E-state index in [1.807, 2.05) is 10.8 Å². The third-order valence-electron chi connectivity index (χ3n) is 4.31. The molecule has 0 aromatic carbocycles. The van der Waals surface area contributed by atoms with Gasteiger partial charge in [-0.3, -0.25) is 4.79 Å². The molecule has 1 amide bonds. The van der Waals surface area contributed by atoms with Gasteiger partial charge in [0.15, 0.2) is 12.4 Å². The molecule has 0 bridgehead atoms. The van der Waals surface area contributed by atoms with E-state index in [1.54, 1.807) is 49.8 Å². The number of amides is 1. The van der Waals surface area contributed by atoms with Crippen LogP contribution in [0.5, 0.6) is 0 Å². The molecule has 2 heterocycles. The zero-order valence-corrected chi connectivity index (χ0v) is 14.6. The molecular formula is C19H23N4O3+. The van der Waals surface area contributed by atoms with Crippen LogP contribution in [0.4, 0.5) is 0 Å². The van der Waals surface area contributed by atoms with Crippen molar-refractivity contribution in [3.05, 3.63) is 65.8 Å². The van der Waals surface area contributed by atoms with Gasteiger partial charge in [0.05, 0.1) is 18.4 Å². The molecule has 2 aliphatic rings. The lowest BCUT2D eigenvalue weighted by Crippen LogP contribution is -2.40. The normalized spacial score (nSPS) is 23.8. The smallest absolute Gasteiger partial charge is 0.262 e. The summed E-state index contributed by atoms with van der Waals surface area (Å²) in [5.74, 6) is -0.232. The Morgan fingerprint density at radius 1 is 1.46 bits per heavy atom. The van der Waals surface area contributed by atoms with Gasteiger partial charge in [0, 0.05) is 37.0 Å². The van der Waals surface area contributed by atoms with Gasteiger partial charge in [0.1, 0.15) is 5.56 Å². The largest absolute Gasteiger partial charge is 0.394 e. The third kappa shape index (κ3) is 4.07. The Morgan fingerprint density at radius 2 is 2.31 bits per heavy atom. The Labute approximate surface area is 152 Å². The SMILES string of the molecule is CN/C=C1/C=C(NC(=O)c2ccc[n+]([C@H]3CC[C@@H](CO)O3)c2)C=CC1=N. The second-order valence-corrected chi connectivity index (χ2v) is 6.20. The maximum Gasteiger partial charge on any atom is 0.262 e. The van der Waals surface area contributed by atoms with Crippen LogP contribution in [0.3, 0.4) is 0 Å². The van der Waals surface area contributed by atoms with Crippen LogP contribution in [0.15, 0.2) is 60.2 Å². The zero-order valence-electron chi connectivity index (χ0n) is 14.6. The molecule has 1 fully saturated rings. The predicted octanol–water partition coefficient (Wildman–Crippen LogP) is 0.951. The number of nitrogens with zero attached hydrogens (tertiary/aromatic N) is 1. The molecule has 1 saturated heterocycles. The molecule has 1 aromatic rings. The molecule has 0 saturated carbocycles. The fourth-order valence-corrected chi connectivity index (χ4v) is 2.97. The minimum absolute atomic E-state index is 0.00913. The Hall–Kier alpha value is -2.77. The van der Waals surface area contributed by atoms with Crippen molar-refractivity contribution in [1.82, 2.24) is 10.6 Å². The number of hydrogen-bond acceptors (Lipinski definition) is 5. The van der Waals surface area contributed by atoms with Crippen LogP contribution in [-0.4, -0.2) is 36.5 Å². The number of carbonyl (C=O) groups is 1. The molecule has 4 N–H and O–H groups in total. The van der Waals surface area contributed by atoms with Gasteiger partial charge in [-0.2, -0.15) is 4.57 Å².